The first-order chi connectivity index (χ1) is 23.9. The third-order valence-electron chi connectivity index (χ3n) is 8.10. The van der Waals surface area contributed by atoms with Crippen molar-refractivity contribution in [2.45, 2.75) is 26.2 Å². The molecule has 0 atom stereocenters. The zero-order valence-corrected chi connectivity index (χ0v) is 32.3. The zero-order chi connectivity index (χ0) is 33.4. The average Bonchev–Trinajstić information content (AvgIpc) is 3.45. The van der Waals surface area contributed by atoms with Crippen molar-refractivity contribution < 1.29 is 51.6 Å². The van der Waals surface area contributed by atoms with Crippen molar-refractivity contribution in [2.75, 3.05) is 0 Å². The van der Waals surface area contributed by atoms with Crippen LogP contribution in [0.5, 0.6) is 23.0 Å². The SMILES string of the molecule is CC(C)(C)c1cnc(-n2c3[c-]c(Oc4[c-]c(-c5ccccn5)ccc4)ccc3c3ccc(Oc4[c-]c(-c5ccccn5)ccc4)[c-]c32)nc1.[Pt+2].[Pt+2]. The van der Waals surface area contributed by atoms with Crippen LogP contribution in [0.15, 0.2) is 122 Å². The van der Waals surface area contributed by atoms with Crippen molar-refractivity contribution in [3.63, 3.8) is 0 Å². The van der Waals surface area contributed by atoms with Crippen molar-refractivity contribution in [1.29, 1.82) is 0 Å². The van der Waals surface area contributed by atoms with Gasteiger partial charge >= 0.3 is 42.1 Å². The van der Waals surface area contributed by atoms with Crippen LogP contribution in [0.2, 0.25) is 0 Å². The van der Waals surface area contributed by atoms with Crippen molar-refractivity contribution in [2.24, 2.45) is 0 Å². The fourth-order valence-electron chi connectivity index (χ4n) is 5.56. The maximum absolute atomic E-state index is 6.31. The summed E-state index contributed by atoms with van der Waals surface area (Å²) in [4.78, 5) is 18.5. The Morgan fingerprint density at radius 3 is 1.41 bits per heavy atom. The Bertz CT molecular complexity index is 2290. The second-order valence-electron chi connectivity index (χ2n) is 12.5. The van der Waals surface area contributed by atoms with E-state index in [4.69, 9.17) is 19.4 Å². The molecule has 0 fully saturated rings. The molecular formula is C42H29N5O2Pt2. The number of ether oxygens (including phenoxy) is 2. The van der Waals surface area contributed by atoms with Crippen LogP contribution in [0, 0.1) is 24.3 Å². The van der Waals surface area contributed by atoms with Crippen LogP contribution in [0.25, 0.3) is 50.3 Å². The van der Waals surface area contributed by atoms with Crippen LogP contribution >= 0.6 is 0 Å². The molecular weight excluding hydrogens is 997 g/mol. The predicted octanol–water partition coefficient (Wildman–Crippen LogP) is 9.78. The Balaban J connectivity index is 0.00000224. The van der Waals surface area contributed by atoms with Gasteiger partial charge in [-0.3, -0.25) is 0 Å². The number of fused-ring (bicyclic) bond motifs is 3. The van der Waals surface area contributed by atoms with Crippen LogP contribution < -0.4 is 9.47 Å². The molecule has 254 valence electrons. The molecule has 0 N–H and O–H groups in total. The summed E-state index contributed by atoms with van der Waals surface area (Å²) in [7, 11) is 0. The maximum atomic E-state index is 6.31. The molecule has 51 heavy (non-hydrogen) atoms. The maximum Gasteiger partial charge on any atom is 2.00 e. The summed E-state index contributed by atoms with van der Waals surface area (Å²) in [6.45, 7) is 6.42. The van der Waals surface area contributed by atoms with Gasteiger partial charge in [-0.05, 0) is 34.5 Å². The van der Waals surface area contributed by atoms with E-state index in [1.54, 1.807) is 12.4 Å². The molecule has 0 saturated heterocycles. The van der Waals surface area contributed by atoms with E-state index in [0.717, 1.165) is 49.9 Å². The molecule has 0 spiro atoms. The van der Waals surface area contributed by atoms with Gasteiger partial charge in [-0.25, -0.2) is 9.97 Å². The Morgan fingerprint density at radius 2 is 0.980 bits per heavy atom. The second kappa shape index (κ2) is 15.1. The molecule has 7 nitrogen and oxygen atoms in total. The smallest absolute Gasteiger partial charge is 0.503 e. The molecule has 0 radical (unpaired) electrons. The fraction of sp³-hybridized carbons (Fsp3) is 0.0952. The van der Waals surface area contributed by atoms with Crippen LogP contribution in [0.4, 0.5) is 0 Å². The van der Waals surface area contributed by atoms with Crippen molar-refractivity contribution in [3.8, 4) is 51.5 Å². The molecule has 4 aromatic heterocycles. The van der Waals surface area contributed by atoms with E-state index in [0.29, 0.717) is 28.9 Å². The topological polar surface area (TPSA) is 75.0 Å². The van der Waals surface area contributed by atoms with Gasteiger partial charge in [0.2, 0.25) is 5.95 Å². The summed E-state index contributed by atoms with van der Waals surface area (Å²) in [6, 6.07) is 44.5. The number of hydrogen-bond donors (Lipinski definition) is 0. The van der Waals surface area contributed by atoms with E-state index >= 15 is 0 Å². The van der Waals surface area contributed by atoms with Gasteiger partial charge in [0.25, 0.3) is 0 Å². The second-order valence-corrected chi connectivity index (χ2v) is 12.5. The van der Waals surface area contributed by atoms with Gasteiger partial charge in [-0.1, -0.05) is 68.2 Å². The molecule has 4 aromatic carbocycles. The molecule has 4 heterocycles. The van der Waals surface area contributed by atoms with E-state index in [-0.39, 0.29) is 47.5 Å². The molecule has 0 saturated carbocycles. The van der Waals surface area contributed by atoms with Crippen LogP contribution in [0.3, 0.4) is 0 Å². The van der Waals surface area contributed by atoms with E-state index in [1.807, 2.05) is 114 Å². The molecule has 0 aliphatic carbocycles. The summed E-state index contributed by atoms with van der Waals surface area (Å²) in [6.07, 6.45) is 7.27. The van der Waals surface area contributed by atoms with Gasteiger partial charge < -0.3 is 24.0 Å². The van der Waals surface area contributed by atoms with Crippen molar-refractivity contribution in [3.05, 3.63) is 152 Å². The molecule has 0 bridgehead atoms. The largest absolute Gasteiger partial charge is 2.00 e. The predicted molar refractivity (Wildman–Crippen MR) is 190 cm³/mol. The molecule has 0 unspecified atom stereocenters. The quantitative estimate of drug-likeness (QED) is 0.148. The summed E-state index contributed by atoms with van der Waals surface area (Å²) in [5.74, 6) is 2.64. The van der Waals surface area contributed by atoms with E-state index in [2.05, 4.69) is 55.0 Å². The van der Waals surface area contributed by atoms with Gasteiger partial charge in [0.1, 0.15) is 0 Å². The first kappa shape index (κ1) is 35.8. The third-order valence-corrected chi connectivity index (χ3v) is 8.10. The van der Waals surface area contributed by atoms with Gasteiger partial charge in [0.05, 0.1) is 0 Å². The van der Waals surface area contributed by atoms with Gasteiger partial charge in [0, 0.05) is 47.8 Å². The van der Waals surface area contributed by atoms with Gasteiger partial charge in [-0.15, -0.1) is 71.8 Å². The first-order valence-electron chi connectivity index (χ1n) is 15.9. The first-order valence-corrected chi connectivity index (χ1v) is 15.9. The fourth-order valence-corrected chi connectivity index (χ4v) is 5.56. The monoisotopic (exact) mass is 1030 g/mol. The standard InChI is InChI=1S/C42H29N5O2.2Pt/c1-42(2,3)30-26-45-41(46-27-30)47-39-24-33(48-31-12-8-10-28(22-31)37-14-4-6-20-43-37)16-18-35(39)36-19-17-34(25-40(36)47)49-32-13-9-11-29(23-32)38-15-5-7-21-44-38;;/h4-21,26-27H,1-3H3;;/q-4;2*+2. The van der Waals surface area contributed by atoms with E-state index in [1.165, 1.54) is 0 Å². The minimum absolute atomic E-state index is 0. The van der Waals surface area contributed by atoms with Crippen LogP contribution in [-0.4, -0.2) is 24.5 Å². The summed E-state index contributed by atoms with van der Waals surface area (Å²) in [5, 5.41) is 1.90. The minimum atomic E-state index is -0.0970. The Labute approximate surface area is 325 Å². The van der Waals surface area contributed by atoms with E-state index < -0.39 is 0 Å². The Morgan fingerprint density at radius 1 is 0.510 bits per heavy atom. The number of hydrogen-bond acceptors (Lipinski definition) is 6. The van der Waals surface area contributed by atoms with Crippen molar-refractivity contribution in [1.82, 2.24) is 24.5 Å². The molecule has 9 heteroatoms. The number of benzene rings is 4. The molecule has 0 aliphatic rings. The average molecular weight is 1030 g/mol. The number of aromatic nitrogens is 5. The summed E-state index contributed by atoms with van der Waals surface area (Å²) < 4.78 is 14.6. The molecule has 0 aliphatic heterocycles. The summed E-state index contributed by atoms with van der Waals surface area (Å²) in [5.41, 5.74) is 5.74. The van der Waals surface area contributed by atoms with Gasteiger partial charge in [-0.2, -0.15) is 22.9 Å². The summed E-state index contributed by atoms with van der Waals surface area (Å²) >= 11 is 0. The van der Waals surface area contributed by atoms with Crippen LogP contribution in [-0.2, 0) is 47.5 Å². The van der Waals surface area contributed by atoms with Crippen molar-refractivity contribution >= 4 is 21.8 Å². The number of rotatable bonds is 7. The molecule has 8 aromatic rings. The third kappa shape index (κ3) is 7.56. The molecule has 0 amide bonds. The normalized spacial score (nSPS) is 11.1. The Kier molecular flexibility index (Phi) is 10.6. The van der Waals surface area contributed by atoms with E-state index in [9.17, 15) is 0 Å². The van der Waals surface area contributed by atoms with Gasteiger partial charge in [0.15, 0.2) is 0 Å². The number of pyridine rings is 2. The van der Waals surface area contributed by atoms with Crippen LogP contribution in [0.1, 0.15) is 26.3 Å². The number of nitrogens with zero attached hydrogens (tertiary/aromatic N) is 5. The zero-order valence-electron chi connectivity index (χ0n) is 27.7. The Hall–Kier alpha value is -4.96. The minimum Gasteiger partial charge on any atom is -0.503 e. The molecule has 8 rings (SSSR count).